The molecule has 1 saturated heterocycles. The van der Waals surface area contributed by atoms with Crippen LogP contribution in [0.25, 0.3) is 0 Å². The molecule has 0 bridgehead atoms. The highest BCUT2D eigenvalue weighted by Gasteiger charge is 2.39. The second-order valence-corrected chi connectivity index (χ2v) is 6.70. The number of hydrogen-bond acceptors (Lipinski definition) is 5. The van der Waals surface area contributed by atoms with E-state index >= 15 is 0 Å². The third-order valence-electron chi connectivity index (χ3n) is 5.13. The van der Waals surface area contributed by atoms with Crippen molar-refractivity contribution in [2.24, 2.45) is 0 Å². The molecule has 1 amide bonds. The SMILES string of the molecule is Cl.O=C(NC1(c2ccc3c(c2)OCCO3)CCCC1)C1CNCCO1. The fourth-order valence-corrected chi connectivity index (χ4v) is 3.86. The first-order valence-electron chi connectivity index (χ1n) is 8.81. The molecule has 2 N–H and O–H groups in total. The van der Waals surface area contributed by atoms with Gasteiger partial charge in [-0.3, -0.25) is 4.79 Å². The van der Waals surface area contributed by atoms with Crippen molar-refractivity contribution in [3.63, 3.8) is 0 Å². The van der Waals surface area contributed by atoms with Gasteiger partial charge < -0.3 is 24.8 Å². The molecule has 3 aliphatic rings. The van der Waals surface area contributed by atoms with Crippen molar-refractivity contribution < 1.29 is 19.0 Å². The van der Waals surface area contributed by atoms with Crippen LogP contribution in [0.2, 0.25) is 0 Å². The molecule has 1 aromatic rings. The normalized spacial score (nSPS) is 24.2. The second kappa shape index (κ2) is 7.81. The molecule has 0 radical (unpaired) electrons. The van der Waals surface area contributed by atoms with Gasteiger partial charge in [0.2, 0.25) is 0 Å². The smallest absolute Gasteiger partial charge is 0.251 e. The summed E-state index contributed by atoms with van der Waals surface area (Å²) in [4.78, 5) is 12.7. The maximum atomic E-state index is 12.7. The lowest BCUT2D eigenvalue weighted by Gasteiger charge is -2.34. The third kappa shape index (κ3) is 3.71. The van der Waals surface area contributed by atoms with Gasteiger partial charge in [-0.05, 0) is 30.5 Å². The monoisotopic (exact) mass is 368 g/mol. The molecule has 1 unspecified atom stereocenters. The second-order valence-electron chi connectivity index (χ2n) is 6.70. The molecule has 0 spiro atoms. The van der Waals surface area contributed by atoms with E-state index < -0.39 is 6.10 Å². The van der Waals surface area contributed by atoms with Gasteiger partial charge in [-0.2, -0.15) is 0 Å². The first kappa shape index (κ1) is 18.3. The van der Waals surface area contributed by atoms with E-state index in [2.05, 4.69) is 16.7 Å². The molecule has 138 valence electrons. The van der Waals surface area contributed by atoms with Gasteiger partial charge in [-0.25, -0.2) is 0 Å². The van der Waals surface area contributed by atoms with Crippen molar-refractivity contribution in [1.82, 2.24) is 10.6 Å². The molecule has 7 heteroatoms. The number of amides is 1. The van der Waals surface area contributed by atoms with Crippen molar-refractivity contribution in [1.29, 1.82) is 0 Å². The zero-order chi connectivity index (χ0) is 16.4. The zero-order valence-corrected chi connectivity index (χ0v) is 15.0. The summed E-state index contributed by atoms with van der Waals surface area (Å²) in [6, 6.07) is 6.04. The van der Waals surface area contributed by atoms with Gasteiger partial charge in [-0.15, -0.1) is 12.4 Å². The predicted molar refractivity (Wildman–Crippen MR) is 95.6 cm³/mol. The van der Waals surface area contributed by atoms with Crippen LogP contribution in [-0.4, -0.2) is 44.9 Å². The summed E-state index contributed by atoms with van der Waals surface area (Å²) >= 11 is 0. The Labute approximate surface area is 154 Å². The van der Waals surface area contributed by atoms with Crippen LogP contribution in [0.1, 0.15) is 31.2 Å². The predicted octanol–water partition coefficient (Wildman–Crippen LogP) is 1.75. The summed E-state index contributed by atoms with van der Waals surface area (Å²) in [5.41, 5.74) is 0.773. The van der Waals surface area contributed by atoms with Gasteiger partial charge in [0.1, 0.15) is 19.3 Å². The van der Waals surface area contributed by atoms with Gasteiger partial charge in [0, 0.05) is 13.1 Å². The van der Waals surface area contributed by atoms with Gasteiger partial charge in [-0.1, -0.05) is 18.9 Å². The molecule has 0 aromatic heterocycles. The summed E-state index contributed by atoms with van der Waals surface area (Å²) in [6.07, 6.45) is 3.70. The number of morpholine rings is 1. The Morgan fingerprint density at radius 1 is 1.12 bits per heavy atom. The Morgan fingerprint density at radius 2 is 1.88 bits per heavy atom. The van der Waals surface area contributed by atoms with E-state index in [4.69, 9.17) is 14.2 Å². The lowest BCUT2D eigenvalue weighted by Crippen LogP contribution is -2.53. The van der Waals surface area contributed by atoms with Crippen LogP contribution >= 0.6 is 12.4 Å². The van der Waals surface area contributed by atoms with Crippen LogP contribution in [0.3, 0.4) is 0 Å². The summed E-state index contributed by atoms with van der Waals surface area (Å²) in [7, 11) is 0. The van der Waals surface area contributed by atoms with E-state index in [-0.39, 0.29) is 23.9 Å². The Kier molecular flexibility index (Phi) is 5.71. The van der Waals surface area contributed by atoms with Crippen molar-refractivity contribution in [2.45, 2.75) is 37.3 Å². The van der Waals surface area contributed by atoms with Crippen LogP contribution in [0.4, 0.5) is 0 Å². The molecular formula is C18H25ClN2O4. The highest BCUT2D eigenvalue weighted by atomic mass is 35.5. The minimum absolute atomic E-state index is 0. The number of halogens is 1. The van der Waals surface area contributed by atoms with Crippen LogP contribution in [-0.2, 0) is 15.1 Å². The summed E-state index contributed by atoms with van der Waals surface area (Å²) < 4.78 is 16.9. The number of benzene rings is 1. The Morgan fingerprint density at radius 3 is 2.60 bits per heavy atom. The summed E-state index contributed by atoms with van der Waals surface area (Å²) in [5.74, 6) is 1.53. The molecule has 1 aliphatic carbocycles. The zero-order valence-electron chi connectivity index (χ0n) is 14.2. The van der Waals surface area contributed by atoms with E-state index in [9.17, 15) is 4.79 Å². The molecule has 1 aromatic carbocycles. The maximum Gasteiger partial charge on any atom is 0.251 e. The van der Waals surface area contributed by atoms with Crippen molar-refractivity contribution in [2.75, 3.05) is 32.9 Å². The fraction of sp³-hybridized carbons (Fsp3) is 0.611. The van der Waals surface area contributed by atoms with Gasteiger partial charge in [0.25, 0.3) is 5.91 Å². The molecular weight excluding hydrogens is 344 g/mol. The fourth-order valence-electron chi connectivity index (χ4n) is 3.86. The average molecular weight is 369 g/mol. The Bertz CT molecular complexity index is 613. The number of fused-ring (bicyclic) bond motifs is 1. The Balaban J connectivity index is 0.00000182. The summed E-state index contributed by atoms with van der Waals surface area (Å²) in [6.45, 7) is 3.10. The molecule has 6 nitrogen and oxygen atoms in total. The van der Waals surface area contributed by atoms with E-state index in [0.717, 1.165) is 49.3 Å². The number of nitrogens with one attached hydrogen (secondary N) is 2. The first-order valence-corrected chi connectivity index (χ1v) is 8.81. The largest absolute Gasteiger partial charge is 0.486 e. The highest BCUT2D eigenvalue weighted by molar-refractivity contribution is 5.85. The number of carbonyl (C=O) groups is 1. The minimum atomic E-state index is -0.409. The molecule has 1 saturated carbocycles. The molecule has 2 heterocycles. The van der Waals surface area contributed by atoms with Crippen molar-refractivity contribution in [3.05, 3.63) is 23.8 Å². The molecule has 25 heavy (non-hydrogen) atoms. The Hall–Kier alpha value is -1.50. The van der Waals surface area contributed by atoms with E-state index in [0.29, 0.717) is 26.4 Å². The number of hydrogen-bond donors (Lipinski definition) is 2. The van der Waals surface area contributed by atoms with Crippen molar-refractivity contribution >= 4 is 18.3 Å². The average Bonchev–Trinajstić information content (AvgIpc) is 3.11. The highest BCUT2D eigenvalue weighted by Crippen LogP contribution is 2.42. The number of carbonyl (C=O) groups excluding carboxylic acids is 1. The van der Waals surface area contributed by atoms with Crippen LogP contribution in [0.15, 0.2) is 18.2 Å². The topological polar surface area (TPSA) is 68.8 Å². The van der Waals surface area contributed by atoms with Crippen molar-refractivity contribution in [3.8, 4) is 11.5 Å². The van der Waals surface area contributed by atoms with Crippen LogP contribution < -0.4 is 20.1 Å². The van der Waals surface area contributed by atoms with Gasteiger partial charge in [0.05, 0.1) is 12.1 Å². The summed E-state index contributed by atoms with van der Waals surface area (Å²) in [5, 5.41) is 6.50. The van der Waals surface area contributed by atoms with Gasteiger partial charge >= 0.3 is 0 Å². The van der Waals surface area contributed by atoms with E-state index in [1.54, 1.807) is 0 Å². The maximum absolute atomic E-state index is 12.7. The van der Waals surface area contributed by atoms with Crippen LogP contribution in [0, 0.1) is 0 Å². The third-order valence-corrected chi connectivity index (χ3v) is 5.13. The molecule has 2 fully saturated rings. The molecule has 4 rings (SSSR count). The quantitative estimate of drug-likeness (QED) is 0.850. The van der Waals surface area contributed by atoms with Gasteiger partial charge in [0.15, 0.2) is 11.5 Å². The van der Waals surface area contributed by atoms with E-state index in [1.165, 1.54) is 0 Å². The number of ether oxygens (including phenoxy) is 3. The molecule has 1 atom stereocenters. The van der Waals surface area contributed by atoms with E-state index in [1.807, 2.05) is 12.1 Å². The first-order chi connectivity index (χ1) is 11.8. The van der Waals surface area contributed by atoms with Crippen LogP contribution in [0.5, 0.6) is 11.5 Å². The number of rotatable bonds is 3. The molecule has 2 aliphatic heterocycles. The minimum Gasteiger partial charge on any atom is -0.486 e. The standard InChI is InChI=1S/C18H24N2O4.ClH/c21-17(16-12-19-7-8-22-16)20-18(5-1-2-6-18)13-3-4-14-15(11-13)24-10-9-23-14;/h3-4,11,16,19H,1-2,5-10,12H2,(H,20,21);1H. The lowest BCUT2D eigenvalue weighted by atomic mass is 9.87. The lowest BCUT2D eigenvalue weighted by molar-refractivity contribution is -0.136.